The van der Waals surface area contributed by atoms with Gasteiger partial charge < -0.3 is 15.1 Å². The Labute approximate surface area is 216 Å². The van der Waals surface area contributed by atoms with E-state index < -0.39 is 28.8 Å². The average molecular weight is 555 g/mol. The molecule has 2 amide bonds. The molecule has 0 bridgehead atoms. The standard InChI is InChI=1S/C23H15Cl2F3N4O3S/c24-16-6-4-12(8-17(16)25)18-7-5-15(35-18)11-29-32-22-31-21(34)19(36-22)10-20(33)30-14-3-1-2-13(9-14)23(26,27)28/h1-9,11,19H,10H2,(H,30,33)(H,31,32,34)/b29-11+. The molecule has 0 saturated carbocycles. The van der Waals surface area contributed by atoms with Crippen LogP contribution in [0.25, 0.3) is 11.3 Å². The fraction of sp³-hybridized carbons (Fsp3) is 0.130. The van der Waals surface area contributed by atoms with Crippen molar-refractivity contribution in [2.75, 3.05) is 5.32 Å². The molecular formula is C23H15Cl2F3N4O3S. The number of thioether (sulfide) groups is 1. The minimum absolute atomic E-state index is 0.0181. The average Bonchev–Trinajstić information content (AvgIpc) is 3.42. The number of benzene rings is 2. The van der Waals surface area contributed by atoms with Gasteiger partial charge in [-0.15, -0.1) is 5.10 Å². The van der Waals surface area contributed by atoms with Crippen molar-refractivity contribution in [2.24, 2.45) is 10.2 Å². The summed E-state index contributed by atoms with van der Waals surface area (Å²) in [6.07, 6.45) is -3.45. The normalized spacial score (nSPS) is 17.1. The summed E-state index contributed by atoms with van der Waals surface area (Å²) in [6.45, 7) is 0. The molecule has 0 aliphatic carbocycles. The van der Waals surface area contributed by atoms with Gasteiger partial charge in [-0.05, 0) is 48.5 Å². The SMILES string of the molecule is O=C(CC1S/C(=N/N=C/c2ccc(-c3ccc(Cl)c(Cl)c3)o2)NC1=O)Nc1cccc(C(F)(F)F)c1. The Balaban J connectivity index is 1.33. The fourth-order valence-electron chi connectivity index (χ4n) is 3.11. The number of rotatable bonds is 6. The van der Waals surface area contributed by atoms with Gasteiger partial charge >= 0.3 is 6.18 Å². The lowest BCUT2D eigenvalue weighted by Crippen LogP contribution is -2.28. The van der Waals surface area contributed by atoms with Crippen molar-refractivity contribution in [1.82, 2.24) is 5.32 Å². The number of hydrogen-bond donors (Lipinski definition) is 2. The lowest BCUT2D eigenvalue weighted by molar-refractivity contribution is -0.137. The van der Waals surface area contributed by atoms with Crippen LogP contribution in [0.15, 0.2) is 69.2 Å². The number of amides is 2. The van der Waals surface area contributed by atoms with E-state index in [-0.39, 0.29) is 17.3 Å². The molecule has 1 unspecified atom stereocenters. The van der Waals surface area contributed by atoms with Gasteiger partial charge in [0.15, 0.2) is 5.17 Å². The predicted octanol–water partition coefficient (Wildman–Crippen LogP) is 6.22. The Morgan fingerprint density at radius 1 is 1.14 bits per heavy atom. The van der Waals surface area contributed by atoms with E-state index in [4.69, 9.17) is 27.6 Å². The highest BCUT2D eigenvalue weighted by atomic mass is 35.5. The van der Waals surface area contributed by atoms with E-state index >= 15 is 0 Å². The molecule has 3 aromatic rings. The van der Waals surface area contributed by atoms with Gasteiger partial charge in [0.25, 0.3) is 0 Å². The molecule has 1 aliphatic rings. The first-order chi connectivity index (χ1) is 17.1. The molecule has 7 nitrogen and oxygen atoms in total. The highest BCUT2D eigenvalue weighted by Gasteiger charge is 2.33. The predicted molar refractivity (Wildman–Crippen MR) is 133 cm³/mol. The van der Waals surface area contributed by atoms with Crippen LogP contribution in [0.4, 0.5) is 18.9 Å². The second-order valence-electron chi connectivity index (χ2n) is 7.41. The van der Waals surface area contributed by atoms with Crippen molar-refractivity contribution < 1.29 is 27.2 Å². The summed E-state index contributed by atoms with van der Waals surface area (Å²) in [7, 11) is 0. The third-order valence-corrected chi connectivity index (χ3v) is 6.60. The van der Waals surface area contributed by atoms with Gasteiger partial charge in [0.2, 0.25) is 11.8 Å². The Kier molecular flexibility index (Phi) is 7.72. The van der Waals surface area contributed by atoms with Crippen LogP contribution < -0.4 is 10.6 Å². The maximum absolute atomic E-state index is 12.8. The number of nitrogens with zero attached hydrogens (tertiary/aromatic N) is 2. The minimum atomic E-state index is -4.53. The van der Waals surface area contributed by atoms with Crippen LogP contribution in [0.2, 0.25) is 10.0 Å². The highest BCUT2D eigenvalue weighted by molar-refractivity contribution is 8.15. The molecule has 1 saturated heterocycles. The van der Waals surface area contributed by atoms with Crippen LogP contribution >= 0.6 is 35.0 Å². The number of carbonyl (C=O) groups is 2. The Bertz CT molecular complexity index is 1370. The van der Waals surface area contributed by atoms with Crippen molar-refractivity contribution in [2.45, 2.75) is 17.8 Å². The van der Waals surface area contributed by atoms with E-state index in [1.54, 1.807) is 30.3 Å². The zero-order chi connectivity index (χ0) is 25.9. The number of nitrogens with one attached hydrogen (secondary N) is 2. The van der Waals surface area contributed by atoms with Crippen LogP contribution in [0, 0.1) is 0 Å². The molecule has 1 fully saturated rings. The van der Waals surface area contributed by atoms with Gasteiger partial charge in [-0.1, -0.05) is 41.0 Å². The van der Waals surface area contributed by atoms with Crippen molar-refractivity contribution in [1.29, 1.82) is 0 Å². The van der Waals surface area contributed by atoms with Crippen molar-refractivity contribution in [3.05, 3.63) is 76.0 Å². The van der Waals surface area contributed by atoms with Crippen LogP contribution in [0.1, 0.15) is 17.7 Å². The molecule has 13 heteroatoms. The molecule has 1 atom stereocenters. The molecule has 0 spiro atoms. The van der Waals surface area contributed by atoms with Gasteiger partial charge in [0, 0.05) is 17.7 Å². The quantitative estimate of drug-likeness (QED) is 0.279. The van der Waals surface area contributed by atoms with Crippen molar-refractivity contribution in [3.8, 4) is 11.3 Å². The lowest BCUT2D eigenvalue weighted by Gasteiger charge is -2.10. The van der Waals surface area contributed by atoms with Gasteiger partial charge in [-0.25, -0.2) is 0 Å². The summed E-state index contributed by atoms with van der Waals surface area (Å²) in [5, 5.41) is 12.9. The number of amidine groups is 1. The summed E-state index contributed by atoms with van der Waals surface area (Å²) in [5.41, 5.74) is -0.183. The van der Waals surface area contributed by atoms with E-state index in [1.165, 1.54) is 18.3 Å². The number of alkyl halides is 3. The van der Waals surface area contributed by atoms with Crippen LogP contribution in [0.3, 0.4) is 0 Å². The van der Waals surface area contributed by atoms with E-state index in [0.29, 0.717) is 21.6 Å². The summed E-state index contributed by atoms with van der Waals surface area (Å²) < 4.78 is 44.2. The topological polar surface area (TPSA) is 96.1 Å². The number of furan rings is 1. The fourth-order valence-corrected chi connectivity index (χ4v) is 4.33. The maximum Gasteiger partial charge on any atom is 0.416 e. The zero-order valence-corrected chi connectivity index (χ0v) is 20.3. The van der Waals surface area contributed by atoms with Gasteiger partial charge in [-0.3, -0.25) is 9.59 Å². The van der Waals surface area contributed by atoms with Gasteiger partial charge in [0.1, 0.15) is 16.8 Å². The maximum atomic E-state index is 12.8. The highest BCUT2D eigenvalue weighted by Crippen LogP contribution is 2.31. The summed E-state index contributed by atoms with van der Waals surface area (Å²) in [5.74, 6) is -0.144. The first kappa shape index (κ1) is 25.8. The molecule has 0 radical (unpaired) electrons. The molecule has 2 aromatic carbocycles. The zero-order valence-electron chi connectivity index (χ0n) is 18.0. The molecule has 2 heterocycles. The van der Waals surface area contributed by atoms with Crippen LogP contribution in [-0.4, -0.2) is 28.4 Å². The minimum Gasteiger partial charge on any atom is -0.455 e. The summed E-state index contributed by atoms with van der Waals surface area (Å²) in [4.78, 5) is 24.4. The van der Waals surface area contributed by atoms with Gasteiger partial charge in [0.05, 0.1) is 21.8 Å². The second-order valence-corrected chi connectivity index (χ2v) is 9.41. The van der Waals surface area contributed by atoms with E-state index in [2.05, 4.69) is 20.8 Å². The molecule has 36 heavy (non-hydrogen) atoms. The van der Waals surface area contributed by atoms with Crippen LogP contribution in [-0.2, 0) is 15.8 Å². The largest absolute Gasteiger partial charge is 0.455 e. The monoisotopic (exact) mass is 554 g/mol. The Hall–Kier alpha value is -3.28. The summed E-state index contributed by atoms with van der Waals surface area (Å²) in [6, 6.07) is 12.7. The number of anilines is 1. The lowest BCUT2D eigenvalue weighted by atomic mass is 10.2. The van der Waals surface area contributed by atoms with Crippen molar-refractivity contribution in [3.63, 3.8) is 0 Å². The number of halogens is 5. The number of hydrogen-bond acceptors (Lipinski definition) is 6. The van der Waals surface area contributed by atoms with E-state index in [0.717, 1.165) is 29.5 Å². The van der Waals surface area contributed by atoms with Crippen LogP contribution in [0.5, 0.6) is 0 Å². The third-order valence-electron chi connectivity index (χ3n) is 4.79. The molecule has 2 N–H and O–H groups in total. The number of carbonyl (C=O) groups excluding carboxylic acids is 2. The first-order valence-electron chi connectivity index (χ1n) is 10.2. The second kappa shape index (κ2) is 10.8. The smallest absolute Gasteiger partial charge is 0.416 e. The third kappa shape index (κ3) is 6.48. The Morgan fingerprint density at radius 2 is 1.94 bits per heavy atom. The van der Waals surface area contributed by atoms with Gasteiger partial charge in [-0.2, -0.15) is 18.3 Å². The summed E-state index contributed by atoms with van der Waals surface area (Å²) >= 11 is 12.9. The first-order valence-corrected chi connectivity index (χ1v) is 11.8. The molecule has 1 aromatic heterocycles. The molecule has 186 valence electrons. The molecular weight excluding hydrogens is 540 g/mol. The molecule has 4 rings (SSSR count). The van der Waals surface area contributed by atoms with Crippen molar-refractivity contribution >= 4 is 63.8 Å². The van der Waals surface area contributed by atoms with E-state index in [1.807, 2.05) is 0 Å². The van der Waals surface area contributed by atoms with E-state index in [9.17, 15) is 22.8 Å². The molecule has 1 aliphatic heterocycles. The Morgan fingerprint density at radius 3 is 2.69 bits per heavy atom.